The molecule has 0 aromatic heterocycles. The minimum absolute atomic E-state index is 0.122. The van der Waals surface area contributed by atoms with Gasteiger partial charge in [0.2, 0.25) is 5.91 Å². The monoisotopic (exact) mass is 413 g/mol. The van der Waals surface area contributed by atoms with Crippen LogP contribution < -0.4 is 16.2 Å². The van der Waals surface area contributed by atoms with Crippen LogP contribution in [-0.4, -0.2) is 35.5 Å². The Morgan fingerprint density at radius 3 is 2.59 bits per heavy atom. The second-order valence-electron chi connectivity index (χ2n) is 6.21. The van der Waals surface area contributed by atoms with Gasteiger partial charge in [-0.15, -0.1) is 11.8 Å². The molecule has 0 unspecified atom stereocenters. The maximum Gasteiger partial charge on any atom is 0.338 e. The Hall–Kier alpha value is -3.33. The van der Waals surface area contributed by atoms with Crippen LogP contribution in [0.2, 0.25) is 0 Å². The lowest BCUT2D eigenvalue weighted by Crippen LogP contribution is -2.46. The van der Waals surface area contributed by atoms with Crippen molar-refractivity contribution in [2.24, 2.45) is 0 Å². The molecule has 1 atom stereocenters. The standard InChI is InChI=1S/C20H19N3O5S/c1-12(18(25)22-23-19(26)13-5-3-2-4-6-13)28-20(27)14-7-8-16-15(11-14)21-17(24)9-10-29-16/h2-8,11-12H,9-10H2,1H3,(H,21,24)(H,22,25)(H,23,26)/t12-/m0/s1. The number of anilines is 1. The van der Waals surface area contributed by atoms with Crippen molar-refractivity contribution in [3.05, 3.63) is 59.7 Å². The number of ether oxygens (including phenoxy) is 1. The third kappa shape index (κ3) is 5.35. The Bertz CT molecular complexity index is 948. The molecular weight excluding hydrogens is 394 g/mol. The molecule has 1 heterocycles. The first kappa shape index (κ1) is 20.4. The van der Waals surface area contributed by atoms with E-state index in [1.54, 1.807) is 42.5 Å². The Balaban J connectivity index is 1.56. The summed E-state index contributed by atoms with van der Waals surface area (Å²) >= 11 is 1.52. The van der Waals surface area contributed by atoms with Crippen LogP contribution in [0.1, 0.15) is 34.1 Å². The van der Waals surface area contributed by atoms with Crippen molar-refractivity contribution in [1.82, 2.24) is 10.9 Å². The summed E-state index contributed by atoms with van der Waals surface area (Å²) in [6.45, 7) is 1.39. The minimum Gasteiger partial charge on any atom is -0.449 e. The van der Waals surface area contributed by atoms with Gasteiger partial charge in [0.15, 0.2) is 6.10 Å². The summed E-state index contributed by atoms with van der Waals surface area (Å²) in [4.78, 5) is 49.0. The van der Waals surface area contributed by atoms with Gasteiger partial charge in [0, 0.05) is 22.6 Å². The van der Waals surface area contributed by atoms with Crippen LogP contribution in [0.3, 0.4) is 0 Å². The summed E-state index contributed by atoms with van der Waals surface area (Å²) in [6.07, 6.45) is -0.744. The fourth-order valence-corrected chi connectivity index (χ4v) is 3.45. The van der Waals surface area contributed by atoms with E-state index in [2.05, 4.69) is 16.2 Å². The highest BCUT2D eigenvalue weighted by Gasteiger charge is 2.21. The van der Waals surface area contributed by atoms with E-state index in [4.69, 9.17) is 4.74 Å². The van der Waals surface area contributed by atoms with Crippen molar-refractivity contribution in [2.75, 3.05) is 11.1 Å². The highest BCUT2D eigenvalue weighted by molar-refractivity contribution is 7.99. The Morgan fingerprint density at radius 2 is 1.83 bits per heavy atom. The van der Waals surface area contributed by atoms with Crippen LogP contribution in [0.5, 0.6) is 0 Å². The van der Waals surface area contributed by atoms with Gasteiger partial charge >= 0.3 is 5.97 Å². The second kappa shape index (κ2) is 9.24. The lowest BCUT2D eigenvalue weighted by molar-refractivity contribution is -0.129. The molecule has 3 amide bonds. The lowest BCUT2D eigenvalue weighted by Gasteiger charge is -2.15. The number of amides is 3. The molecule has 1 aliphatic heterocycles. The predicted molar refractivity (Wildman–Crippen MR) is 107 cm³/mol. The van der Waals surface area contributed by atoms with E-state index >= 15 is 0 Å². The van der Waals surface area contributed by atoms with Crippen LogP contribution in [0.4, 0.5) is 5.69 Å². The fourth-order valence-electron chi connectivity index (χ4n) is 2.51. The third-order valence-electron chi connectivity index (χ3n) is 4.06. The van der Waals surface area contributed by atoms with Crippen molar-refractivity contribution in [3.63, 3.8) is 0 Å². The van der Waals surface area contributed by atoms with Crippen molar-refractivity contribution in [1.29, 1.82) is 0 Å². The molecule has 0 aliphatic carbocycles. The van der Waals surface area contributed by atoms with Crippen LogP contribution in [0.15, 0.2) is 53.4 Å². The molecule has 150 valence electrons. The molecule has 2 aromatic rings. The smallest absolute Gasteiger partial charge is 0.338 e. The van der Waals surface area contributed by atoms with Crippen molar-refractivity contribution in [2.45, 2.75) is 24.3 Å². The van der Waals surface area contributed by atoms with Gasteiger partial charge in [-0.25, -0.2) is 4.79 Å². The number of nitrogens with one attached hydrogen (secondary N) is 3. The van der Waals surface area contributed by atoms with Gasteiger partial charge in [-0.3, -0.25) is 25.2 Å². The maximum absolute atomic E-state index is 12.4. The zero-order valence-corrected chi connectivity index (χ0v) is 16.4. The number of carbonyl (C=O) groups excluding carboxylic acids is 4. The number of hydrogen-bond acceptors (Lipinski definition) is 6. The summed E-state index contributed by atoms with van der Waals surface area (Å²) < 4.78 is 5.16. The molecule has 8 nitrogen and oxygen atoms in total. The second-order valence-corrected chi connectivity index (χ2v) is 7.35. The number of esters is 1. The number of fused-ring (bicyclic) bond motifs is 1. The van der Waals surface area contributed by atoms with Crippen molar-refractivity contribution < 1.29 is 23.9 Å². The first-order valence-corrected chi connectivity index (χ1v) is 9.85. The molecule has 2 aromatic carbocycles. The van der Waals surface area contributed by atoms with Crippen molar-refractivity contribution in [3.8, 4) is 0 Å². The average molecular weight is 413 g/mol. The Morgan fingerprint density at radius 1 is 1.07 bits per heavy atom. The number of rotatable bonds is 4. The van der Waals surface area contributed by atoms with Crippen LogP contribution >= 0.6 is 11.8 Å². The van der Waals surface area contributed by atoms with Gasteiger partial charge in [-0.2, -0.15) is 0 Å². The molecule has 3 rings (SSSR count). The molecule has 3 N–H and O–H groups in total. The van der Waals surface area contributed by atoms with Crippen LogP contribution in [-0.2, 0) is 14.3 Å². The summed E-state index contributed by atoms with van der Waals surface area (Å²) in [6, 6.07) is 13.2. The van der Waals surface area contributed by atoms with Gasteiger partial charge < -0.3 is 10.1 Å². The molecule has 0 spiro atoms. The largest absolute Gasteiger partial charge is 0.449 e. The van der Waals surface area contributed by atoms with E-state index in [-0.39, 0.29) is 11.5 Å². The summed E-state index contributed by atoms with van der Waals surface area (Å²) in [5.74, 6) is -1.34. The van der Waals surface area contributed by atoms with E-state index in [9.17, 15) is 19.2 Å². The summed E-state index contributed by atoms with van der Waals surface area (Å²) in [5, 5.41) is 2.75. The van der Waals surface area contributed by atoms with Gasteiger partial charge in [-0.05, 0) is 37.3 Å². The van der Waals surface area contributed by atoms with Gasteiger partial charge in [-0.1, -0.05) is 18.2 Å². The first-order valence-electron chi connectivity index (χ1n) is 8.87. The maximum atomic E-state index is 12.4. The van der Waals surface area contributed by atoms with Gasteiger partial charge in [0.05, 0.1) is 11.3 Å². The fraction of sp³-hybridized carbons (Fsp3) is 0.200. The van der Waals surface area contributed by atoms with Gasteiger partial charge in [0.1, 0.15) is 0 Å². The third-order valence-corrected chi connectivity index (χ3v) is 5.14. The zero-order chi connectivity index (χ0) is 20.8. The number of benzene rings is 2. The minimum atomic E-state index is -1.14. The predicted octanol–water partition coefficient (Wildman–Crippen LogP) is 2.13. The lowest BCUT2D eigenvalue weighted by atomic mass is 10.2. The molecule has 0 radical (unpaired) electrons. The van der Waals surface area contributed by atoms with Crippen LogP contribution in [0.25, 0.3) is 0 Å². The van der Waals surface area contributed by atoms with E-state index in [0.29, 0.717) is 23.4 Å². The topological polar surface area (TPSA) is 114 Å². The first-order chi connectivity index (χ1) is 13.9. The van der Waals surface area contributed by atoms with E-state index in [0.717, 1.165) is 4.90 Å². The number of thioether (sulfide) groups is 1. The van der Waals surface area contributed by atoms with Gasteiger partial charge in [0.25, 0.3) is 11.8 Å². The molecule has 1 aliphatic rings. The van der Waals surface area contributed by atoms with E-state index in [1.165, 1.54) is 24.8 Å². The highest BCUT2D eigenvalue weighted by atomic mass is 32.2. The SMILES string of the molecule is C[C@H](OC(=O)c1ccc2c(c1)NC(=O)CCS2)C(=O)NNC(=O)c1ccccc1. The van der Waals surface area contributed by atoms with Crippen molar-refractivity contribution >= 4 is 41.1 Å². The molecule has 9 heteroatoms. The highest BCUT2D eigenvalue weighted by Crippen LogP contribution is 2.31. The average Bonchev–Trinajstić information content (AvgIpc) is 2.91. The molecule has 0 saturated heterocycles. The number of carbonyl (C=O) groups is 4. The summed E-state index contributed by atoms with van der Waals surface area (Å²) in [5.41, 5.74) is 5.62. The Labute approximate surface area is 171 Å². The molecule has 0 fully saturated rings. The van der Waals surface area contributed by atoms with E-state index in [1.807, 2.05) is 0 Å². The Kier molecular flexibility index (Phi) is 6.50. The number of hydrazine groups is 1. The molecule has 0 bridgehead atoms. The quantitative estimate of drug-likeness (QED) is 0.523. The molecular formula is C20H19N3O5S. The zero-order valence-electron chi connectivity index (χ0n) is 15.6. The summed E-state index contributed by atoms with van der Waals surface area (Å²) in [7, 11) is 0. The molecule has 0 saturated carbocycles. The normalized spacial score (nSPS) is 13.9. The molecule has 29 heavy (non-hydrogen) atoms. The van der Waals surface area contributed by atoms with Crippen LogP contribution in [0, 0.1) is 0 Å². The number of hydrogen-bond donors (Lipinski definition) is 3. The van der Waals surface area contributed by atoms with E-state index < -0.39 is 23.9 Å².